The summed E-state index contributed by atoms with van der Waals surface area (Å²) in [6.07, 6.45) is 3.87. The largest absolute Gasteiger partial charge is 0.450 e. The molecule has 2 aromatic rings. The van der Waals surface area contributed by atoms with Crippen LogP contribution in [0.3, 0.4) is 0 Å². The minimum absolute atomic E-state index is 0.337. The van der Waals surface area contributed by atoms with Gasteiger partial charge in [0.25, 0.3) is 0 Å². The first-order chi connectivity index (χ1) is 12.6. The molecule has 26 heavy (non-hydrogen) atoms. The van der Waals surface area contributed by atoms with E-state index in [1.807, 2.05) is 18.2 Å². The van der Waals surface area contributed by atoms with Crippen molar-refractivity contribution in [1.29, 1.82) is 0 Å². The van der Waals surface area contributed by atoms with Gasteiger partial charge < -0.3 is 19.9 Å². The second-order valence-electron chi connectivity index (χ2n) is 6.95. The fraction of sp³-hybridized carbons (Fsp3) is 0.500. The van der Waals surface area contributed by atoms with Crippen LogP contribution < -0.4 is 5.32 Å². The number of rotatable bonds is 8. The van der Waals surface area contributed by atoms with E-state index >= 15 is 0 Å². The van der Waals surface area contributed by atoms with Crippen LogP contribution in [0.15, 0.2) is 24.4 Å². The lowest BCUT2D eigenvalue weighted by atomic mass is 10.1. The van der Waals surface area contributed by atoms with Gasteiger partial charge in [0.1, 0.15) is 0 Å². The predicted molar refractivity (Wildman–Crippen MR) is 103 cm³/mol. The molecule has 0 spiro atoms. The van der Waals surface area contributed by atoms with Crippen LogP contribution in [0.1, 0.15) is 31.2 Å². The third-order valence-corrected chi connectivity index (χ3v) is 4.96. The monoisotopic (exact) mass is 354 g/mol. The number of alkyl carbamates (subject to hydrolysis) is 1. The zero-order chi connectivity index (χ0) is 18.5. The van der Waals surface area contributed by atoms with E-state index in [0.717, 1.165) is 25.0 Å². The molecule has 1 saturated carbocycles. The normalized spacial score (nSPS) is 18.7. The molecule has 1 aliphatic rings. The number of H-pyrrole nitrogens is 1. The maximum Gasteiger partial charge on any atom is 0.407 e. The number of amides is 1. The Morgan fingerprint density at radius 2 is 2.35 bits per heavy atom. The van der Waals surface area contributed by atoms with E-state index in [1.165, 1.54) is 17.4 Å². The highest BCUT2D eigenvalue weighted by Crippen LogP contribution is 2.50. The third kappa shape index (κ3) is 4.36. The van der Waals surface area contributed by atoms with Gasteiger partial charge in [-0.2, -0.15) is 0 Å². The fourth-order valence-electron chi connectivity index (χ4n) is 3.55. The molecule has 6 nitrogen and oxygen atoms in total. The topological polar surface area (TPSA) is 61.7 Å². The number of ether oxygens (including phenoxy) is 1. The van der Waals surface area contributed by atoms with Crippen LogP contribution in [-0.4, -0.2) is 49.3 Å². The Hall–Kier alpha value is -2.52. The number of nitrogens with zero attached hydrogens (tertiary/aromatic N) is 2. The lowest BCUT2D eigenvalue weighted by Crippen LogP contribution is -2.29. The van der Waals surface area contributed by atoms with Crippen LogP contribution in [0.5, 0.6) is 0 Å². The number of aromatic nitrogens is 1. The molecule has 0 saturated heterocycles. The number of carbonyl (C=O) groups excluding carboxylic acids is 1. The first kappa shape index (κ1) is 18.3. The molecular formula is C20H26N4O2. The Kier molecular flexibility index (Phi) is 5.79. The maximum atomic E-state index is 11.2. The van der Waals surface area contributed by atoms with Gasteiger partial charge in [-0.15, -0.1) is 0 Å². The van der Waals surface area contributed by atoms with Crippen molar-refractivity contribution in [2.24, 2.45) is 5.92 Å². The Bertz CT molecular complexity index is 808. The number of nitrogens with one attached hydrogen (secondary N) is 2. The summed E-state index contributed by atoms with van der Waals surface area (Å²) in [5.74, 6) is 1.23. The van der Waals surface area contributed by atoms with Crippen LogP contribution in [0.25, 0.3) is 15.7 Å². The van der Waals surface area contributed by atoms with Crippen molar-refractivity contribution in [1.82, 2.24) is 15.2 Å². The average Bonchev–Trinajstić information content (AvgIpc) is 3.25. The molecule has 2 atom stereocenters. The van der Waals surface area contributed by atoms with E-state index in [0.29, 0.717) is 30.7 Å². The number of benzene rings is 1. The Morgan fingerprint density at radius 3 is 3.12 bits per heavy atom. The Labute approximate surface area is 154 Å². The fourth-order valence-corrected chi connectivity index (χ4v) is 3.55. The highest BCUT2D eigenvalue weighted by molar-refractivity contribution is 5.87. The van der Waals surface area contributed by atoms with Crippen molar-refractivity contribution >= 4 is 22.7 Å². The average molecular weight is 354 g/mol. The van der Waals surface area contributed by atoms with Gasteiger partial charge in [0.2, 0.25) is 0 Å². The van der Waals surface area contributed by atoms with Gasteiger partial charge in [-0.3, -0.25) is 0 Å². The number of fused-ring (bicyclic) bond motifs is 1. The smallest absolute Gasteiger partial charge is 0.407 e. The predicted octanol–water partition coefficient (Wildman–Crippen LogP) is 3.89. The van der Waals surface area contributed by atoms with E-state index in [9.17, 15) is 4.79 Å². The number of hydrogen-bond donors (Lipinski definition) is 2. The van der Waals surface area contributed by atoms with E-state index in [2.05, 4.69) is 33.3 Å². The summed E-state index contributed by atoms with van der Waals surface area (Å²) in [6.45, 7) is 12.0. The molecule has 1 aromatic carbocycles. The lowest BCUT2D eigenvalue weighted by Gasteiger charge is -2.16. The summed E-state index contributed by atoms with van der Waals surface area (Å²) in [5, 5.41) is 3.94. The van der Waals surface area contributed by atoms with E-state index in [4.69, 9.17) is 11.3 Å². The van der Waals surface area contributed by atoms with Gasteiger partial charge in [-0.25, -0.2) is 9.64 Å². The number of aromatic amines is 1. The van der Waals surface area contributed by atoms with Gasteiger partial charge >= 0.3 is 6.09 Å². The molecular weight excluding hydrogens is 328 g/mol. The van der Waals surface area contributed by atoms with E-state index in [1.54, 1.807) is 6.92 Å². The van der Waals surface area contributed by atoms with Crippen molar-refractivity contribution < 1.29 is 9.53 Å². The second-order valence-corrected chi connectivity index (χ2v) is 6.95. The van der Waals surface area contributed by atoms with Crippen molar-refractivity contribution in [3.8, 4) is 0 Å². The van der Waals surface area contributed by atoms with Crippen molar-refractivity contribution in [2.75, 3.05) is 33.3 Å². The molecule has 1 aromatic heterocycles. The minimum Gasteiger partial charge on any atom is -0.450 e. The quantitative estimate of drug-likeness (QED) is 0.558. The molecule has 1 aliphatic carbocycles. The van der Waals surface area contributed by atoms with E-state index < -0.39 is 0 Å². The molecule has 1 amide bonds. The van der Waals surface area contributed by atoms with Crippen LogP contribution in [0.4, 0.5) is 10.5 Å². The Morgan fingerprint density at radius 1 is 1.50 bits per heavy atom. The summed E-state index contributed by atoms with van der Waals surface area (Å²) in [5.41, 5.74) is 3.14. The van der Waals surface area contributed by atoms with Crippen molar-refractivity contribution in [3.63, 3.8) is 0 Å². The molecule has 3 rings (SSSR count). The molecule has 0 bridgehead atoms. The maximum absolute atomic E-state index is 11.2. The van der Waals surface area contributed by atoms with Gasteiger partial charge in [-0.1, -0.05) is 6.07 Å². The molecule has 6 heteroatoms. The molecule has 2 N–H and O–H groups in total. The number of hydrogen-bond acceptors (Lipinski definition) is 3. The van der Waals surface area contributed by atoms with Crippen LogP contribution in [0.2, 0.25) is 0 Å². The third-order valence-electron chi connectivity index (χ3n) is 4.96. The summed E-state index contributed by atoms with van der Waals surface area (Å²) < 4.78 is 4.85. The number of carbonyl (C=O) groups is 1. The standard InChI is InChI=1S/C20H26N4O2/c1-4-26-20(25)22-8-5-9-24(3)13-14-10-16(14)18-12-23-19-7-6-15(21-2)11-17(18)19/h6-7,11-12,14,16,23H,4-5,8-10,13H2,1,3H3,(H,22,25). The van der Waals surface area contributed by atoms with Crippen molar-refractivity contribution in [2.45, 2.75) is 25.7 Å². The van der Waals surface area contributed by atoms with Crippen LogP contribution in [-0.2, 0) is 4.74 Å². The molecule has 2 unspecified atom stereocenters. The summed E-state index contributed by atoms with van der Waals surface area (Å²) in [6, 6.07) is 5.85. The molecule has 1 fully saturated rings. The minimum atomic E-state index is -0.337. The zero-order valence-electron chi connectivity index (χ0n) is 15.4. The van der Waals surface area contributed by atoms with E-state index in [-0.39, 0.29) is 6.09 Å². The molecule has 1 heterocycles. The van der Waals surface area contributed by atoms with Gasteiger partial charge in [-0.05, 0) is 68.3 Å². The summed E-state index contributed by atoms with van der Waals surface area (Å²) in [4.78, 5) is 20.4. The van der Waals surface area contributed by atoms with Crippen LogP contribution >= 0.6 is 0 Å². The second kappa shape index (κ2) is 8.24. The van der Waals surface area contributed by atoms with Crippen molar-refractivity contribution in [3.05, 3.63) is 41.4 Å². The first-order valence-corrected chi connectivity index (χ1v) is 9.20. The zero-order valence-corrected chi connectivity index (χ0v) is 15.4. The molecule has 0 aliphatic heterocycles. The van der Waals surface area contributed by atoms with Gasteiger partial charge in [0.05, 0.1) is 13.2 Å². The molecule has 138 valence electrons. The van der Waals surface area contributed by atoms with Crippen LogP contribution in [0, 0.1) is 12.5 Å². The summed E-state index contributed by atoms with van der Waals surface area (Å²) in [7, 11) is 2.13. The first-order valence-electron chi connectivity index (χ1n) is 9.20. The Balaban J connectivity index is 1.46. The van der Waals surface area contributed by atoms with Gasteiger partial charge in [0, 0.05) is 24.8 Å². The SMILES string of the molecule is [C-]#[N+]c1ccc2[nH]cc(C3CC3CN(C)CCCNC(=O)OCC)c2c1. The highest BCUT2D eigenvalue weighted by Gasteiger charge is 2.39. The van der Waals surface area contributed by atoms with Gasteiger partial charge in [0.15, 0.2) is 5.69 Å². The summed E-state index contributed by atoms with van der Waals surface area (Å²) >= 11 is 0. The lowest BCUT2D eigenvalue weighted by molar-refractivity contribution is 0.151. The highest BCUT2D eigenvalue weighted by atomic mass is 16.5. The molecule has 0 radical (unpaired) electrons.